The van der Waals surface area contributed by atoms with Crippen LogP contribution in [-0.4, -0.2) is 63.2 Å². The summed E-state index contributed by atoms with van der Waals surface area (Å²) in [7, 11) is 0. The summed E-state index contributed by atoms with van der Waals surface area (Å²) in [6.07, 6.45) is 1.74. The highest BCUT2D eigenvalue weighted by Gasteiger charge is 2.51. The number of esters is 1. The molecule has 17 nitrogen and oxygen atoms in total. The van der Waals surface area contributed by atoms with Crippen molar-refractivity contribution >= 4 is 52.6 Å². The predicted molar refractivity (Wildman–Crippen MR) is 263 cm³/mol. The Hall–Kier alpha value is -7.56. The molecule has 71 heavy (non-hydrogen) atoms. The summed E-state index contributed by atoms with van der Waals surface area (Å²) in [5, 5.41) is 9.27. The Morgan fingerprint density at radius 3 is 2.25 bits per heavy atom. The van der Waals surface area contributed by atoms with E-state index in [4.69, 9.17) is 28.7 Å². The van der Waals surface area contributed by atoms with E-state index in [-0.39, 0.29) is 61.8 Å². The highest BCUT2D eigenvalue weighted by molar-refractivity contribution is 5.98. The van der Waals surface area contributed by atoms with Gasteiger partial charge in [-0.15, -0.1) is 0 Å². The number of fused-ring (bicyclic) bond motifs is 5. The van der Waals surface area contributed by atoms with E-state index in [1.54, 1.807) is 87.7 Å². The minimum atomic E-state index is -2.01. The van der Waals surface area contributed by atoms with Gasteiger partial charge in [0.2, 0.25) is 23.3 Å². The largest absolute Gasteiger partial charge is 0.514 e. The monoisotopic (exact) mass is 971 g/mol. The zero-order chi connectivity index (χ0) is 51.0. The van der Waals surface area contributed by atoms with Crippen LogP contribution in [0.2, 0.25) is 0 Å². The van der Waals surface area contributed by atoms with E-state index in [2.05, 4.69) is 16.0 Å². The number of ether oxygens (including phenoxy) is 5. The fourth-order valence-electron chi connectivity index (χ4n) is 8.86. The third-order valence-corrected chi connectivity index (χ3v) is 12.5. The smallest absolute Gasteiger partial charge is 0.457 e. The van der Waals surface area contributed by atoms with Gasteiger partial charge >= 0.3 is 18.3 Å². The molecule has 4 heterocycles. The zero-order valence-corrected chi connectivity index (χ0v) is 41.2. The molecular weight excluding hydrogens is 911 g/mol. The molecule has 3 amide bonds. The number of nitrogens with one attached hydrogen (secondary N) is 3. The standard InChI is InChI=1S/C54H61N5O12/c1-8-12-14-19-42(58-48(62)43(56-45(60)10-3)26-32-17-15-13-16-18-32)47(61)55-34-22-20-33(21-23-34)30-68-51(65)71-54(11-4)40-28-44-46-38(29-59(44)49(63)39(40)31-67-50(54)64)36(9-2)37-27-35(24-25-41(37)57-46)69-52(66)70-53(5,6)7/h13,15-18,20-25,27-28,42-43H,8-12,14,19,26,29-31H2,1-7H3,(H,55,61)(H,56,60)(H,58,62)/t42?,43?,54-/m0/s1. The lowest BCUT2D eigenvalue weighted by atomic mass is 9.85. The van der Waals surface area contributed by atoms with Crippen LogP contribution in [0.15, 0.2) is 83.7 Å². The molecule has 3 aromatic carbocycles. The van der Waals surface area contributed by atoms with Gasteiger partial charge in [-0.3, -0.25) is 19.2 Å². The van der Waals surface area contributed by atoms with Gasteiger partial charge in [0.25, 0.3) is 5.56 Å². The Balaban J connectivity index is 1.04. The molecule has 0 fully saturated rings. The highest BCUT2D eigenvalue weighted by atomic mass is 16.7. The topological polar surface area (TPSA) is 220 Å². The van der Waals surface area contributed by atoms with Crippen LogP contribution in [0.1, 0.15) is 120 Å². The molecule has 2 unspecified atom stereocenters. The van der Waals surface area contributed by atoms with Crippen LogP contribution < -0.4 is 26.2 Å². The third kappa shape index (κ3) is 11.7. The molecule has 0 saturated heterocycles. The van der Waals surface area contributed by atoms with E-state index in [1.165, 1.54) is 0 Å². The zero-order valence-electron chi connectivity index (χ0n) is 41.2. The van der Waals surface area contributed by atoms with Crippen molar-refractivity contribution in [2.45, 2.75) is 143 Å². The molecule has 17 heteroatoms. The van der Waals surface area contributed by atoms with Gasteiger partial charge < -0.3 is 44.2 Å². The molecule has 0 saturated carbocycles. The lowest BCUT2D eigenvalue weighted by Crippen LogP contribution is -2.53. The first-order chi connectivity index (χ1) is 34.0. The molecule has 2 aliphatic rings. The SMILES string of the molecule is CCCCCC(NC(=O)C(Cc1ccccc1)NC(=O)CC)C(=O)Nc1ccc(COC(=O)O[C@]2(CC)C(=O)OCc3c2cc2n(c3=O)Cc3c-2nc2ccc(OC(=O)OC(C)(C)C)cc2c3CC)cc1. The van der Waals surface area contributed by atoms with Gasteiger partial charge in [0.05, 0.1) is 29.0 Å². The Labute approximate surface area is 411 Å². The second-order valence-corrected chi connectivity index (χ2v) is 18.6. The van der Waals surface area contributed by atoms with E-state index in [0.717, 1.165) is 34.9 Å². The van der Waals surface area contributed by atoms with Crippen LogP contribution in [0.4, 0.5) is 15.3 Å². The number of benzene rings is 3. The van der Waals surface area contributed by atoms with Crippen molar-refractivity contribution in [1.29, 1.82) is 0 Å². The third-order valence-electron chi connectivity index (χ3n) is 12.5. The van der Waals surface area contributed by atoms with Crippen molar-refractivity contribution in [3.8, 4) is 17.1 Å². The van der Waals surface area contributed by atoms with Crippen LogP contribution in [0.5, 0.6) is 5.75 Å². The molecule has 0 aliphatic carbocycles. The molecule has 0 spiro atoms. The second kappa shape index (κ2) is 22.0. The maximum Gasteiger partial charge on any atom is 0.514 e. The van der Waals surface area contributed by atoms with Crippen molar-refractivity contribution in [1.82, 2.24) is 20.2 Å². The van der Waals surface area contributed by atoms with Crippen LogP contribution in [0, 0.1) is 0 Å². The minimum Gasteiger partial charge on any atom is -0.457 e. The number of nitrogens with zero attached hydrogens (tertiary/aromatic N) is 2. The van der Waals surface area contributed by atoms with Crippen LogP contribution in [-0.2, 0) is 76.3 Å². The molecule has 3 atom stereocenters. The quantitative estimate of drug-likeness (QED) is 0.0319. The van der Waals surface area contributed by atoms with E-state index in [9.17, 15) is 33.6 Å². The number of cyclic esters (lactones) is 1. The maximum atomic E-state index is 14.3. The van der Waals surface area contributed by atoms with E-state index < -0.39 is 58.9 Å². The number of rotatable bonds is 18. The maximum absolute atomic E-state index is 14.3. The van der Waals surface area contributed by atoms with Crippen molar-refractivity contribution < 1.29 is 52.5 Å². The van der Waals surface area contributed by atoms with Gasteiger partial charge in [-0.25, -0.2) is 19.4 Å². The van der Waals surface area contributed by atoms with Gasteiger partial charge in [-0.1, -0.05) is 89.4 Å². The van der Waals surface area contributed by atoms with Crippen LogP contribution >= 0.6 is 0 Å². The number of aromatic nitrogens is 2. The van der Waals surface area contributed by atoms with Crippen LogP contribution in [0.25, 0.3) is 22.3 Å². The molecule has 0 radical (unpaired) electrons. The van der Waals surface area contributed by atoms with Crippen molar-refractivity contribution in [2.24, 2.45) is 0 Å². The number of aryl methyl sites for hydroxylation is 1. The first-order valence-corrected chi connectivity index (χ1v) is 24.2. The number of carbonyl (C=O) groups is 6. The fourth-order valence-corrected chi connectivity index (χ4v) is 8.86. The number of pyridine rings is 2. The average molecular weight is 972 g/mol. The summed E-state index contributed by atoms with van der Waals surface area (Å²) in [6.45, 7) is 12.2. The molecule has 2 aromatic heterocycles. The Kier molecular flexibility index (Phi) is 15.9. The molecule has 2 aliphatic heterocycles. The molecule has 3 N–H and O–H groups in total. The van der Waals surface area contributed by atoms with Crippen molar-refractivity contribution in [3.05, 3.63) is 123 Å². The molecule has 5 aromatic rings. The number of hydrogen-bond donors (Lipinski definition) is 3. The Morgan fingerprint density at radius 2 is 1.58 bits per heavy atom. The lowest BCUT2D eigenvalue weighted by Gasteiger charge is -2.35. The normalized spacial score (nSPS) is 15.5. The van der Waals surface area contributed by atoms with Gasteiger partial charge in [0, 0.05) is 35.0 Å². The van der Waals surface area contributed by atoms with Gasteiger partial charge in [-0.2, -0.15) is 0 Å². The van der Waals surface area contributed by atoms with Gasteiger partial charge in [0.1, 0.15) is 36.6 Å². The summed E-state index contributed by atoms with van der Waals surface area (Å²) < 4.78 is 29.3. The van der Waals surface area contributed by atoms with E-state index in [0.29, 0.717) is 47.4 Å². The van der Waals surface area contributed by atoms with E-state index >= 15 is 0 Å². The molecule has 0 bridgehead atoms. The summed E-state index contributed by atoms with van der Waals surface area (Å²) in [6, 6.07) is 20.8. The Morgan fingerprint density at radius 1 is 0.831 bits per heavy atom. The summed E-state index contributed by atoms with van der Waals surface area (Å²) >= 11 is 0. The first kappa shape index (κ1) is 51.3. The predicted octanol–water partition coefficient (Wildman–Crippen LogP) is 8.46. The fraction of sp³-hybridized carbons (Fsp3) is 0.407. The summed E-state index contributed by atoms with van der Waals surface area (Å²) in [4.78, 5) is 98.6. The number of hydrogen-bond acceptors (Lipinski definition) is 13. The second-order valence-electron chi connectivity index (χ2n) is 18.6. The number of anilines is 1. The molecule has 7 rings (SSSR count). The van der Waals surface area contributed by atoms with Gasteiger partial charge in [-0.05, 0) is 93.1 Å². The lowest BCUT2D eigenvalue weighted by molar-refractivity contribution is -0.175. The summed E-state index contributed by atoms with van der Waals surface area (Å²) in [5.41, 5.74) is 2.21. The highest BCUT2D eigenvalue weighted by Crippen LogP contribution is 2.42. The number of carbonyl (C=O) groups excluding carboxylic acids is 6. The first-order valence-electron chi connectivity index (χ1n) is 24.2. The number of unbranched alkanes of at least 4 members (excludes halogenated alkanes) is 2. The van der Waals surface area contributed by atoms with Crippen molar-refractivity contribution in [2.75, 3.05) is 5.32 Å². The van der Waals surface area contributed by atoms with Crippen molar-refractivity contribution in [3.63, 3.8) is 0 Å². The Bertz CT molecular complexity index is 2890. The number of amides is 3. The summed E-state index contributed by atoms with van der Waals surface area (Å²) in [5.74, 6) is -1.77. The van der Waals surface area contributed by atoms with Gasteiger partial charge in [0.15, 0.2) is 0 Å². The average Bonchev–Trinajstić information content (AvgIpc) is 3.71. The van der Waals surface area contributed by atoms with E-state index in [1.807, 2.05) is 44.2 Å². The molecule has 374 valence electrons. The van der Waals surface area contributed by atoms with Crippen LogP contribution in [0.3, 0.4) is 0 Å². The minimum absolute atomic E-state index is 0.0786. The molecular formula is C54H61N5O12.